The molecule has 2 heteroatoms. The molecule has 0 unspecified atom stereocenters. The molecule has 0 aliphatic heterocycles. The highest BCUT2D eigenvalue weighted by atomic mass is 16.5. The fourth-order valence-electron chi connectivity index (χ4n) is 5.84. The van der Waals surface area contributed by atoms with Crippen LogP contribution >= 0.6 is 0 Å². The standard InChI is InChI=1S/C29H48O2/c1-4-7-9-24-10-12-25(13-11-24)22-31-29-19-18-27(30-20-6-3)21-28(29)26-16-14-23(8-5-2)15-17-26/h18-19,21,23-26H,4-17,20,22H2,1-3H3. The smallest absolute Gasteiger partial charge is 0.123 e. The molecule has 0 amide bonds. The second kappa shape index (κ2) is 13.4. The monoisotopic (exact) mass is 428 g/mol. The maximum absolute atomic E-state index is 6.52. The van der Waals surface area contributed by atoms with Crippen LogP contribution in [0, 0.1) is 17.8 Å². The van der Waals surface area contributed by atoms with Crippen LogP contribution in [0.1, 0.15) is 122 Å². The second-order valence-electron chi connectivity index (χ2n) is 10.4. The van der Waals surface area contributed by atoms with Crippen LogP contribution < -0.4 is 9.47 Å². The van der Waals surface area contributed by atoms with Crippen molar-refractivity contribution in [2.24, 2.45) is 17.8 Å². The van der Waals surface area contributed by atoms with Crippen molar-refractivity contribution in [1.82, 2.24) is 0 Å². The Morgan fingerprint density at radius 1 is 0.710 bits per heavy atom. The van der Waals surface area contributed by atoms with Gasteiger partial charge in [0.2, 0.25) is 0 Å². The average molecular weight is 429 g/mol. The van der Waals surface area contributed by atoms with Crippen molar-refractivity contribution in [3.63, 3.8) is 0 Å². The van der Waals surface area contributed by atoms with E-state index in [1.54, 1.807) is 0 Å². The molecule has 0 spiro atoms. The molecule has 0 radical (unpaired) electrons. The van der Waals surface area contributed by atoms with E-state index in [2.05, 4.69) is 39.0 Å². The third-order valence-electron chi connectivity index (χ3n) is 7.84. The maximum atomic E-state index is 6.52. The van der Waals surface area contributed by atoms with Gasteiger partial charge < -0.3 is 9.47 Å². The zero-order chi connectivity index (χ0) is 21.9. The maximum Gasteiger partial charge on any atom is 0.123 e. The number of benzene rings is 1. The minimum absolute atomic E-state index is 0.637. The lowest BCUT2D eigenvalue weighted by Crippen LogP contribution is -2.21. The Morgan fingerprint density at radius 3 is 2.06 bits per heavy atom. The van der Waals surface area contributed by atoms with Gasteiger partial charge in [0.05, 0.1) is 13.2 Å². The van der Waals surface area contributed by atoms with Crippen LogP contribution in [0.4, 0.5) is 0 Å². The lowest BCUT2D eigenvalue weighted by Gasteiger charge is -2.31. The zero-order valence-electron chi connectivity index (χ0n) is 20.7. The van der Waals surface area contributed by atoms with E-state index in [1.807, 2.05) is 0 Å². The second-order valence-corrected chi connectivity index (χ2v) is 10.4. The molecule has 176 valence electrons. The van der Waals surface area contributed by atoms with E-state index in [9.17, 15) is 0 Å². The van der Waals surface area contributed by atoms with E-state index < -0.39 is 0 Å². The van der Waals surface area contributed by atoms with Crippen molar-refractivity contribution in [3.05, 3.63) is 23.8 Å². The summed E-state index contributed by atoms with van der Waals surface area (Å²) in [6, 6.07) is 6.63. The molecule has 2 saturated carbocycles. The molecule has 2 aliphatic rings. The molecule has 3 rings (SSSR count). The molecular weight excluding hydrogens is 380 g/mol. The normalized spacial score (nSPS) is 26.5. The van der Waals surface area contributed by atoms with Crippen molar-refractivity contribution in [2.45, 2.75) is 117 Å². The summed E-state index contributed by atoms with van der Waals surface area (Å²) < 4.78 is 12.5. The third-order valence-corrected chi connectivity index (χ3v) is 7.84. The number of hydrogen-bond acceptors (Lipinski definition) is 2. The van der Waals surface area contributed by atoms with Gasteiger partial charge in [-0.15, -0.1) is 0 Å². The van der Waals surface area contributed by atoms with Crippen molar-refractivity contribution in [1.29, 1.82) is 0 Å². The molecule has 2 fully saturated rings. The fraction of sp³-hybridized carbons (Fsp3) is 0.793. The summed E-state index contributed by atoms with van der Waals surface area (Å²) in [5, 5.41) is 0. The summed E-state index contributed by atoms with van der Waals surface area (Å²) in [7, 11) is 0. The van der Waals surface area contributed by atoms with Crippen LogP contribution in [-0.2, 0) is 0 Å². The highest BCUT2D eigenvalue weighted by molar-refractivity contribution is 5.43. The van der Waals surface area contributed by atoms with Gasteiger partial charge in [0.1, 0.15) is 11.5 Å². The molecule has 2 aliphatic carbocycles. The summed E-state index contributed by atoms with van der Waals surface area (Å²) in [6.07, 6.45) is 18.8. The number of rotatable bonds is 12. The van der Waals surface area contributed by atoms with Gasteiger partial charge in [0.15, 0.2) is 0 Å². The van der Waals surface area contributed by atoms with E-state index in [4.69, 9.17) is 9.47 Å². The van der Waals surface area contributed by atoms with Crippen molar-refractivity contribution in [3.8, 4) is 11.5 Å². The summed E-state index contributed by atoms with van der Waals surface area (Å²) in [5.74, 6) is 5.44. The lowest BCUT2D eigenvalue weighted by molar-refractivity contribution is 0.175. The van der Waals surface area contributed by atoms with Crippen LogP contribution in [-0.4, -0.2) is 13.2 Å². The number of hydrogen-bond donors (Lipinski definition) is 0. The fourth-order valence-corrected chi connectivity index (χ4v) is 5.84. The summed E-state index contributed by atoms with van der Waals surface area (Å²) in [6.45, 7) is 8.50. The Hall–Kier alpha value is -1.18. The molecule has 31 heavy (non-hydrogen) atoms. The van der Waals surface area contributed by atoms with Gasteiger partial charge in [-0.05, 0) is 86.8 Å². The Balaban J connectivity index is 1.58. The van der Waals surface area contributed by atoms with E-state index in [1.165, 1.54) is 89.0 Å². The van der Waals surface area contributed by atoms with Gasteiger partial charge in [0, 0.05) is 5.56 Å². The van der Waals surface area contributed by atoms with E-state index in [0.29, 0.717) is 5.92 Å². The van der Waals surface area contributed by atoms with Crippen molar-refractivity contribution in [2.75, 3.05) is 13.2 Å². The highest BCUT2D eigenvalue weighted by Gasteiger charge is 2.26. The number of unbranched alkanes of at least 4 members (excludes halogenated alkanes) is 1. The third kappa shape index (κ3) is 7.72. The van der Waals surface area contributed by atoms with Gasteiger partial charge in [-0.3, -0.25) is 0 Å². The Morgan fingerprint density at radius 2 is 1.39 bits per heavy atom. The van der Waals surface area contributed by atoms with Gasteiger partial charge in [-0.2, -0.15) is 0 Å². The topological polar surface area (TPSA) is 18.5 Å². The summed E-state index contributed by atoms with van der Waals surface area (Å²) in [4.78, 5) is 0. The van der Waals surface area contributed by atoms with Crippen LogP contribution in [0.5, 0.6) is 11.5 Å². The molecule has 1 aromatic rings. The highest BCUT2D eigenvalue weighted by Crippen LogP contribution is 2.42. The molecule has 1 aromatic carbocycles. The Bertz CT molecular complexity index is 609. The van der Waals surface area contributed by atoms with E-state index >= 15 is 0 Å². The first kappa shape index (κ1) is 24.5. The van der Waals surface area contributed by atoms with Gasteiger partial charge in [-0.1, -0.05) is 65.7 Å². The SMILES string of the molecule is CCCCC1CCC(COc2ccc(OCCC)cc2C2CCC(CCC)CC2)CC1. The summed E-state index contributed by atoms with van der Waals surface area (Å²) in [5.41, 5.74) is 1.42. The van der Waals surface area contributed by atoms with Gasteiger partial charge in [-0.25, -0.2) is 0 Å². The lowest BCUT2D eigenvalue weighted by atomic mass is 9.77. The first-order valence-corrected chi connectivity index (χ1v) is 13.6. The first-order valence-electron chi connectivity index (χ1n) is 13.6. The first-order chi connectivity index (χ1) is 15.2. The molecule has 0 N–H and O–H groups in total. The predicted octanol–water partition coefficient (Wildman–Crippen LogP) is 8.92. The molecular formula is C29H48O2. The molecule has 0 heterocycles. The summed E-state index contributed by atoms with van der Waals surface area (Å²) >= 11 is 0. The van der Waals surface area contributed by atoms with Crippen LogP contribution in [0.2, 0.25) is 0 Å². The molecule has 0 atom stereocenters. The minimum Gasteiger partial charge on any atom is -0.494 e. The van der Waals surface area contributed by atoms with Gasteiger partial charge in [0.25, 0.3) is 0 Å². The van der Waals surface area contributed by atoms with Crippen LogP contribution in [0.25, 0.3) is 0 Å². The van der Waals surface area contributed by atoms with E-state index in [-0.39, 0.29) is 0 Å². The van der Waals surface area contributed by atoms with E-state index in [0.717, 1.165) is 48.9 Å². The molecule has 0 saturated heterocycles. The molecule has 0 aromatic heterocycles. The Kier molecular flexibility index (Phi) is 10.6. The molecule has 2 nitrogen and oxygen atoms in total. The van der Waals surface area contributed by atoms with Gasteiger partial charge >= 0.3 is 0 Å². The number of ether oxygens (including phenoxy) is 2. The average Bonchev–Trinajstić information content (AvgIpc) is 2.82. The van der Waals surface area contributed by atoms with Crippen molar-refractivity contribution >= 4 is 0 Å². The Labute approximate surface area is 192 Å². The predicted molar refractivity (Wildman–Crippen MR) is 132 cm³/mol. The van der Waals surface area contributed by atoms with Crippen LogP contribution in [0.15, 0.2) is 18.2 Å². The minimum atomic E-state index is 0.637. The quantitative estimate of drug-likeness (QED) is 0.331. The largest absolute Gasteiger partial charge is 0.494 e. The van der Waals surface area contributed by atoms with Crippen LogP contribution in [0.3, 0.4) is 0 Å². The molecule has 0 bridgehead atoms. The van der Waals surface area contributed by atoms with Crippen molar-refractivity contribution < 1.29 is 9.47 Å². The zero-order valence-corrected chi connectivity index (χ0v) is 20.7.